The van der Waals surface area contributed by atoms with Crippen LogP contribution < -0.4 is 14.8 Å². The van der Waals surface area contributed by atoms with E-state index < -0.39 is 0 Å². The Morgan fingerprint density at radius 2 is 2.08 bits per heavy atom. The standard InChI is InChI=1S/C18H18BrNO3S/c1-12-8-13(19)6-7-17(12)24-11-18(21)20-9-14-10-22-15-4-2-3-5-16(15)23-14/h2-8,14H,9-11H2,1H3,(H,20,21). The number of halogens is 1. The summed E-state index contributed by atoms with van der Waals surface area (Å²) in [7, 11) is 0. The SMILES string of the molecule is Cc1cc(Br)ccc1SCC(=O)NCC1COc2ccccc2O1. The molecule has 0 aliphatic carbocycles. The predicted molar refractivity (Wildman–Crippen MR) is 99.0 cm³/mol. The first-order valence-corrected chi connectivity index (χ1v) is 9.44. The molecule has 0 saturated heterocycles. The van der Waals surface area contributed by atoms with Crippen molar-refractivity contribution < 1.29 is 14.3 Å². The molecule has 1 N–H and O–H groups in total. The molecule has 1 atom stereocenters. The third-order valence-corrected chi connectivity index (χ3v) is 5.26. The van der Waals surface area contributed by atoms with Crippen LogP contribution in [-0.2, 0) is 4.79 Å². The molecule has 1 aliphatic heterocycles. The van der Waals surface area contributed by atoms with Crippen molar-refractivity contribution in [2.45, 2.75) is 17.9 Å². The lowest BCUT2D eigenvalue weighted by Crippen LogP contribution is -2.41. The van der Waals surface area contributed by atoms with Gasteiger partial charge in [0.2, 0.25) is 5.91 Å². The molecule has 0 aromatic heterocycles. The highest BCUT2D eigenvalue weighted by Crippen LogP contribution is 2.30. The van der Waals surface area contributed by atoms with Gasteiger partial charge in [0, 0.05) is 9.37 Å². The van der Waals surface area contributed by atoms with Crippen molar-refractivity contribution in [2.24, 2.45) is 0 Å². The van der Waals surface area contributed by atoms with Crippen LogP contribution in [0.5, 0.6) is 11.5 Å². The minimum atomic E-state index is -0.164. The first-order valence-electron chi connectivity index (χ1n) is 7.66. The van der Waals surface area contributed by atoms with Gasteiger partial charge < -0.3 is 14.8 Å². The lowest BCUT2D eigenvalue weighted by molar-refractivity contribution is -0.119. The number of nitrogens with one attached hydrogen (secondary N) is 1. The molecular formula is C18H18BrNO3S. The Kier molecular flexibility index (Phi) is 5.68. The summed E-state index contributed by atoms with van der Waals surface area (Å²) < 4.78 is 12.5. The Morgan fingerprint density at radius 1 is 1.29 bits per heavy atom. The maximum atomic E-state index is 12.0. The molecule has 2 aromatic rings. The van der Waals surface area contributed by atoms with E-state index in [1.807, 2.05) is 49.4 Å². The second-order valence-corrected chi connectivity index (χ2v) is 7.43. The highest BCUT2D eigenvalue weighted by Gasteiger charge is 2.21. The van der Waals surface area contributed by atoms with Crippen molar-refractivity contribution in [1.82, 2.24) is 5.32 Å². The van der Waals surface area contributed by atoms with Gasteiger partial charge in [0.25, 0.3) is 0 Å². The van der Waals surface area contributed by atoms with Gasteiger partial charge in [0.15, 0.2) is 11.5 Å². The van der Waals surface area contributed by atoms with Crippen LogP contribution in [0.4, 0.5) is 0 Å². The number of carbonyl (C=O) groups excluding carboxylic acids is 1. The Bertz CT molecular complexity index is 738. The number of hydrogen-bond donors (Lipinski definition) is 1. The minimum Gasteiger partial charge on any atom is -0.486 e. The predicted octanol–water partition coefficient (Wildman–Crippen LogP) is 3.81. The molecule has 4 nitrogen and oxygen atoms in total. The molecule has 24 heavy (non-hydrogen) atoms. The molecule has 2 aromatic carbocycles. The van der Waals surface area contributed by atoms with Gasteiger partial charge in [-0.1, -0.05) is 28.1 Å². The lowest BCUT2D eigenvalue weighted by Gasteiger charge is -2.26. The third-order valence-electron chi connectivity index (χ3n) is 3.59. The normalized spacial score (nSPS) is 15.8. The molecule has 0 spiro atoms. The summed E-state index contributed by atoms with van der Waals surface area (Å²) in [4.78, 5) is 13.2. The zero-order chi connectivity index (χ0) is 16.9. The van der Waals surface area contributed by atoms with Crippen LogP contribution in [0.25, 0.3) is 0 Å². The van der Waals surface area contributed by atoms with Crippen LogP contribution in [0.1, 0.15) is 5.56 Å². The van der Waals surface area contributed by atoms with E-state index in [1.54, 1.807) is 0 Å². The molecule has 1 amide bonds. The van der Waals surface area contributed by atoms with Gasteiger partial charge in [-0.25, -0.2) is 0 Å². The minimum absolute atomic E-state index is 0.00947. The van der Waals surface area contributed by atoms with Crippen molar-refractivity contribution in [3.63, 3.8) is 0 Å². The number of fused-ring (bicyclic) bond motifs is 1. The summed E-state index contributed by atoms with van der Waals surface area (Å²) in [6.45, 7) is 2.92. The Labute approximate surface area is 154 Å². The highest BCUT2D eigenvalue weighted by molar-refractivity contribution is 9.10. The summed E-state index contributed by atoms with van der Waals surface area (Å²) in [5.74, 6) is 1.85. The monoisotopic (exact) mass is 407 g/mol. The molecule has 0 bridgehead atoms. The number of hydrogen-bond acceptors (Lipinski definition) is 4. The number of benzene rings is 2. The molecule has 0 radical (unpaired) electrons. The van der Waals surface area contributed by atoms with Crippen LogP contribution in [0.2, 0.25) is 0 Å². The average molecular weight is 408 g/mol. The number of para-hydroxylation sites is 2. The molecule has 3 rings (SSSR count). The van der Waals surface area contributed by atoms with Crippen molar-refractivity contribution in [3.05, 3.63) is 52.5 Å². The highest BCUT2D eigenvalue weighted by atomic mass is 79.9. The van der Waals surface area contributed by atoms with E-state index in [1.165, 1.54) is 11.8 Å². The molecule has 1 unspecified atom stereocenters. The molecule has 126 valence electrons. The smallest absolute Gasteiger partial charge is 0.230 e. The lowest BCUT2D eigenvalue weighted by atomic mass is 10.2. The number of thioether (sulfide) groups is 1. The third kappa shape index (κ3) is 4.45. The molecular weight excluding hydrogens is 390 g/mol. The van der Waals surface area contributed by atoms with Crippen LogP contribution >= 0.6 is 27.7 Å². The quantitative estimate of drug-likeness (QED) is 0.765. The van der Waals surface area contributed by atoms with Crippen molar-refractivity contribution in [2.75, 3.05) is 18.9 Å². The Morgan fingerprint density at radius 3 is 2.88 bits per heavy atom. The number of amides is 1. The number of carbonyl (C=O) groups is 1. The topological polar surface area (TPSA) is 47.6 Å². The van der Waals surface area contributed by atoms with E-state index in [0.717, 1.165) is 26.4 Å². The van der Waals surface area contributed by atoms with Gasteiger partial charge in [-0.2, -0.15) is 0 Å². The van der Waals surface area contributed by atoms with E-state index in [9.17, 15) is 4.79 Å². The van der Waals surface area contributed by atoms with Crippen LogP contribution in [0.3, 0.4) is 0 Å². The van der Waals surface area contributed by atoms with Gasteiger partial charge in [-0.3, -0.25) is 4.79 Å². The molecule has 0 saturated carbocycles. The maximum Gasteiger partial charge on any atom is 0.230 e. The van der Waals surface area contributed by atoms with Gasteiger partial charge in [0.1, 0.15) is 12.7 Å². The fourth-order valence-corrected chi connectivity index (χ4v) is 3.68. The number of rotatable bonds is 5. The summed E-state index contributed by atoms with van der Waals surface area (Å²) in [5.41, 5.74) is 1.16. The number of ether oxygens (including phenoxy) is 2. The van der Waals surface area contributed by atoms with Gasteiger partial charge in [-0.15, -0.1) is 11.8 Å². The van der Waals surface area contributed by atoms with Gasteiger partial charge in [-0.05, 0) is 42.8 Å². The fourth-order valence-electron chi connectivity index (χ4n) is 2.36. The van der Waals surface area contributed by atoms with Crippen molar-refractivity contribution >= 4 is 33.6 Å². The first kappa shape index (κ1) is 17.2. The van der Waals surface area contributed by atoms with Crippen LogP contribution in [-0.4, -0.2) is 30.9 Å². The summed E-state index contributed by atoms with van der Waals surface area (Å²) in [5, 5.41) is 2.91. The van der Waals surface area contributed by atoms with Crippen LogP contribution in [0, 0.1) is 6.92 Å². The zero-order valence-corrected chi connectivity index (χ0v) is 15.7. The van der Waals surface area contributed by atoms with E-state index in [-0.39, 0.29) is 12.0 Å². The second-order valence-electron chi connectivity index (χ2n) is 5.50. The average Bonchev–Trinajstić information content (AvgIpc) is 2.59. The second kappa shape index (κ2) is 7.94. The van der Waals surface area contributed by atoms with E-state index in [0.29, 0.717) is 18.9 Å². The fraction of sp³-hybridized carbons (Fsp3) is 0.278. The Hall–Kier alpha value is -1.66. The molecule has 1 heterocycles. The molecule has 1 aliphatic rings. The van der Waals surface area contributed by atoms with Crippen molar-refractivity contribution in [1.29, 1.82) is 0 Å². The van der Waals surface area contributed by atoms with Gasteiger partial charge >= 0.3 is 0 Å². The van der Waals surface area contributed by atoms with Gasteiger partial charge in [0.05, 0.1) is 12.3 Å². The van der Waals surface area contributed by atoms with E-state index in [2.05, 4.69) is 21.2 Å². The Balaban J connectivity index is 1.45. The largest absolute Gasteiger partial charge is 0.486 e. The number of aryl methyl sites for hydroxylation is 1. The maximum absolute atomic E-state index is 12.0. The van der Waals surface area contributed by atoms with E-state index in [4.69, 9.17) is 9.47 Å². The summed E-state index contributed by atoms with van der Waals surface area (Å²) in [6.07, 6.45) is -0.164. The zero-order valence-electron chi connectivity index (χ0n) is 13.3. The van der Waals surface area contributed by atoms with Crippen molar-refractivity contribution in [3.8, 4) is 11.5 Å². The molecule has 0 fully saturated rings. The summed E-state index contributed by atoms with van der Waals surface area (Å²) >= 11 is 4.98. The van der Waals surface area contributed by atoms with Crippen LogP contribution in [0.15, 0.2) is 51.8 Å². The summed E-state index contributed by atoms with van der Waals surface area (Å²) in [6, 6.07) is 13.6. The molecule has 6 heteroatoms. The first-order chi connectivity index (χ1) is 11.6. The van der Waals surface area contributed by atoms with E-state index >= 15 is 0 Å².